The average Bonchev–Trinajstić information content (AvgIpc) is 3.19. The summed E-state index contributed by atoms with van der Waals surface area (Å²) in [6.07, 6.45) is 7.11. The maximum Gasteiger partial charge on any atom is 0.271 e. The van der Waals surface area contributed by atoms with Gasteiger partial charge >= 0.3 is 0 Å². The number of benzene rings is 1. The third kappa shape index (κ3) is 4.59. The number of nitrogens with zero attached hydrogens (tertiary/aromatic N) is 4. The number of aromatic nitrogens is 1. The van der Waals surface area contributed by atoms with Crippen molar-refractivity contribution in [3.05, 3.63) is 48.0 Å². The van der Waals surface area contributed by atoms with Crippen molar-refractivity contribution in [2.24, 2.45) is 5.41 Å². The Morgan fingerprint density at radius 1 is 1.08 bits per heavy atom. The topological polar surface area (TPSA) is 77.0 Å². The van der Waals surface area contributed by atoms with E-state index in [1.54, 1.807) is 38.5 Å². The first-order valence-corrected chi connectivity index (χ1v) is 13.0. The maximum absolute atomic E-state index is 15.4. The standard InChI is InChI=1S/C28H35FN4O3/c1-31(2)26(35)24-10-4-20(17-30-24)19-5-11-25(23(29)16-19)32-14-3-12-28(18-32)13-15-33(27(28)36)21-6-8-22(34)9-7-21/h4-5,10-11,16-17,21-22,34H,3,6-9,12-15,18H2,1-2H3/t21-,22+,28-/m1/s1. The lowest BCUT2D eigenvalue weighted by Crippen LogP contribution is -2.50. The normalized spacial score (nSPS) is 26.5. The van der Waals surface area contributed by atoms with Crippen LogP contribution in [-0.4, -0.2) is 77.6 Å². The fraction of sp³-hybridized carbons (Fsp3) is 0.536. The molecule has 3 heterocycles. The van der Waals surface area contributed by atoms with Crippen LogP contribution in [0.25, 0.3) is 11.1 Å². The predicted octanol–water partition coefficient (Wildman–Crippen LogP) is 3.71. The van der Waals surface area contributed by atoms with E-state index in [0.717, 1.165) is 63.6 Å². The molecular weight excluding hydrogens is 459 g/mol. The SMILES string of the molecule is CN(C)C(=O)c1ccc(-c2ccc(N3CCC[C@@]4(CCN([C@H]5CC[C@@H](O)CC5)C4=O)C3)c(F)c2)cn1. The molecule has 0 unspecified atom stereocenters. The molecule has 2 amide bonds. The van der Waals surface area contributed by atoms with Gasteiger partial charge in [0.25, 0.3) is 5.91 Å². The van der Waals surface area contributed by atoms with E-state index in [0.29, 0.717) is 23.5 Å². The lowest BCUT2D eigenvalue weighted by molar-refractivity contribution is -0.139. The molecule has 8 heteroatoms. The molecule has 36 heavy (non-hydrogen) atoms. The monoisotopic (exact) mass is 494 g/mol. The van der Waals surface area contributed by atoms with Crippen LogP contribution in [-0.2, 0) is 4.79 Å². The second kappa shape index (κ2) is 9.81. The van der Waals surface area contributed by atoms with Crippen LogP contribution in [0.1, 0.15) is 55.4 Å². The molecule has 0 bridgehead atoms. The fourth-order valence-electron chi connectivity index (χ4n) is 6.15. The first kappa shape index (κ1) is 24.7. The second-order valence-corrected chi connectivity index (χ2v) is 10.8. The number of hydrogen-bond donors (Lipinski definition) is 1. The van der Waals surface area contributed by atoms with Gasteiger partial charge in [0.15, 0.2) is 0 Å². The molecule has 1 aromatic carbocycles. The molecule has 3 aliphatic rings. The molecule has 7 nitrogen and oxygen atoms in total. The predicted molar refractivity (Wildman–Crippen MR) is 136 cm³/mol. The summed E-state index contributed by atoms with van der Waals surface area (Å²) in [4.78, 5) is 35.5. The summed E-state index contributed by atoms with van der Waals surface area (Å²) in [5.41, 5.74) is 1.86. The van der Waals surface area contributed by atoms with Crippen molar-refractivity contribution in [3.8, 4) is 11.1 Å². The summed E-state index contributed by atoms with van der Waals surface area (Å²) < 4.78 is 15.4. The molecule has 1 saturated carbocycles. The molecule has 1 spiro atoms. The number of aliphatic hydroxyl groups is 1. The minimum atomic E-state index is -0.446. The number of carbonyl (C=O) groups is 2. The van der Waals surface area contributed by atoms with E-state index in [2.05, 4.69) is 4.98 Å². The van der Waals surface area contributed by atoms with Crippen molar-refractivity contribution >= 4 is 17.5 Å². The third-order valence-electron chi connectivity index (χ3n) is 8.24. The minimum Gasteiger partial charge on any atom is -0.393 e. The van der Waals surface area contributed by atoms with Crippen LogP contribution in [0.15, 0.2) is 36.5 Å². The highest BCUT2D eigenvalue weighted by Crippen LogP contribution is 2.44. The van der Waals surface area contributed by atoms with E-state index in [1.807, 2.05) is 15.9 Å². The van der Waals surface area contributed by atoms with Crippen LogP contribution in [0.2, 0.25) is 0 Å². The first-order chi connectivity index (χ1) is 17.3. The molecule has 1 aliphatic carbocycles. The zero-order valence-electron chi connectivity index (χ0n) is 21.1. The minimum absolute atomic E-state index is 0.178. The van der Waals surface area contributed by atoms with Crippen molar-refractivity contribution in [1.29, 1.82) is 0 Å². The van der Waals surface area contributed by atoms with Gasteiger partial charge in [0.1, 0.15) is 11.5 Å². The summed E-state index contributed by atoms with van der Waals surface area (Å²) >= 11 is 0. The third-order valence-corrected chi connectivity index (χ3v) is 8.24. The van der Waals surface area contributed by atoms with E-state index in [4.69, 9.17) is 0 Å². The fourth-order valence-corrected chi connectivity index (χ4v) is 6.15. The molecule has 2 saturated heterocycles. The highest BCUT2D eigenvalue weighted by molar-refractivity contribution is 5.92. The van der Waals surface area contributed by atoms with Crippen LogP contribution in [0.5, 0.6) is 0 Å². The Balaban J connectivity index is 1.30. The lowest BCUT2D eigenvalue weighted by Gasteiger charge is -2.41. The van der Waals surface area contributed by atoms with Crippen molar-refractivity contribution in [1.82, 2.24) is 14.8 Å². The van der Waals surface area contributed by atoms with Gasteiger partial charge in [-0.25, -0.2) is 4.39 Å². The number of rotatable bonds is 4. The molecule has 1 atom stereocenters. The summed E-state index contributed by atoms with van der Waals surface area (Å²) in [6, 6.07) is 8.84. The largest absolute Gasteiger partial charge is 0.393 e. The molecule has 1 N–H and O–H groups in total. The summed E-state index contributed by atoms with van der Waals surface area (Å²) in [5.74, 6) is -0.283. The van der Waals surface area contributed by atoms with Gasteiger partial charge in [-0.05, 0) is 68.7 Å². The highest BCUT2D eigenvalue weighted by Gasteiger charge is 2.50. The number of hydrogen-bond acceptors (Lipinski definition) is 5. The van der Waals surface area contributed by atoms with Gasteiger partial charge in [-0.15, -0.1) is 0 Å². The van der Waals surface area contributed by atoms with Crippen molar-refractivity contribution in [2.75, 3.05) is 38.6 Å². The van der Waals surface area contributed by atoms with Gasteiger partial charge in [0.05, 0.1) is 17.2 Å². The Kier molecular flexibility index (Phi) is 6.72. The van der Waals surface area contributed by atoms with Gasteiger partial charge in [0.2, 0.25) is 5.91 Å². The second-order valence-electron chi connectivity index (χ2n) is 10.8. The Bertz CT molecular complexity index is 1130. The Labute approximate surface area is 211 Å². The molecule has 5 rings (SSSR count). The molecule has 2 aromatic rings. The number of pyridine rings is 1. The zero-order chi connectivity index (χ0) is 25.4. The van der Waals surface area contributed by atoms with Gasteiger partial charge < -0.3 is 19.8 Å². The van der Waals surface area contributed by atoms with Gasteiger partial charge in [-0.1, -0.05) is 12.1 Å². The smallest absolute Gasteiger partial charge is 0.271 e. The molecule has 3 fully saturated rings. The molecule has 2 aliphatic heterocycles. The number of likely N-dealkylation sites (tertiary alicyclic amines) is 1. The molecular formula is C28H35FN4O3. The van der Waals surface area contributed by atoms with Gasteiger partial charge in [-0.2, -0.15) is 0 Å². The van der Waals surface area contributed by atoms with Gasteiger partial charge in [0, 0.05) is 51.5 Å². The van der Waals surface area contributed by atoms with Crippen LogP contribution in [0.4, 0.5) is 10.1 Å². The number of aliphatic hydroxyl groups excluding tert-OH is 1. The van der Waals surface area contributed by atoms with Crippen molar-refractivity contribution in [2.45, 2.75) is 57.1 Å². The number of carbonyl (C=O) groups excluding carboxylic acids is 2. The number of amides is 2. The Morgan fingerprint density at radius 3 is 2.50 bits per heavy atom. The molecule has 1 aromatic heterocycles. The van der Waals surface area contributed by atoms with Crippen LogP contribution >= 0.6 is 0 Å². The van der Waals surface area contributed by atoms with E-state index in [9.17, 15) is 14.7 Å². The van der Waals surface area contributed by atoms with Crippen molar-refractivity contribution < 1.29 is 19.1 Å². The highest BCUT2D eigenvalue weighted by atomic mass is 19.1. The zero-order valence-corrected chi connectivity index (χ0v) is 21.1. The van der Waals surface area contributed by atoms with Gasteiger partial charge in [-0.3, -0.25) is 14.6 Å². The maximum atomic E-state index is 15.4. The summed E-state index contributed by atoms with van der Waals surface area (Å²) in [6.45, 7) is 2.02. The number of piperidine rings is 1. The molecule has 192 valence electrons. The first-order valence-electron chi connectivity index (χ1n) is 13.0. The summed E-state index contributed by atoms with van der Waals surface area (Å²) in [5, 5.41) is 9.85. The number of anilines is 1. The van der Waals surface area contributed by atoms with Crippen molar-refractivity contribution in [3.63, 3.8) is 0 Å². The van der Waals surface area contributed by atoms with Crippen LogP contribution in [0, 0.1) is 11.2 Å². The van der Waals surface area contributed by atoms with Crippen LogP contribution < -0.4 is 4.90 Å². The Hall–Kier alpha value is -3.00. The molecule has 0 radical (unpaired) electrons. The number of halogens is 1. The van der Waals surface area contributed by atoms with Crippen LogP contribution in [0.3, 0.4) is 0 Å². The lowest BCUT2D eigenvalue weighted by atomic mass is 9.78. The average molecular weight is 495 g/mol. The van der Waals surface area contributed by atoms with E-state index in [1.165, 1.54) is 11.0 Å². The quantitative estimate of drug-likeness (QED) is 0.701. The van der Waals surface area contributed by atoms with E-state index >= 15 is 4.39 Å². The Morgan fingerprint density at radius 2 is 1.83 bits per heavy atom. The van der Waals surface area contributed by atoms with E-state index < -0.39 is 5.41 Å². The summed E-state index contributed by atoms with van der Waals surface area (Å²) in [7, 11) is 3.35. The van der Waals surface area contributed by atoms with E-state index in [-0.39, 0.29) is 29.8 Å².